The van der Waals surface area contributed by atoms with Crippen molar-refractivity contribution in [3.63, 3.8) is 0 Å². The lowest BCUT2D eigenvalue weighted by Gasteiger charge is -2.26. The minimum atomic E-state index is -0.970. The highest BCUT2D eigenvalue weighted by Gasteiger charge is 2.25. The van der Waals surface area contributed by atoms with Gasteiger partial charge in [0.25, 0.3) is 0 Å². The second-order valence-corrected chi connectivity index (χ2v) is 7.75. The Balaban J connectivity index is 2.58. The van der Waals surface area contributed by atoms with Crippen molar-refractivity contribution < 1.29 is 19.4 Å². The molecule has 1 aliphatic rings. The third-order valence-corrected chi connectivity index (χ3v) is 4.41. The summed E-state index contributed by atoms with van der Waals surface area (Å²) in [6.45, 7) is 13.3. The number of hydrogen-bond acceptors (Lipinski definition) is 4. The number of allylic oxidation sites excluding steroid dienone is 1. The van der Waals surface area contributed by atoms with Gasteiger partial charge in [-0.15, -0.1) is 0 Å². The second kappa shape index (κ2) is 9.55. The first kappa shape index (κ1) is 21.9. The summed E-state index contributed by atoms with van der Waals surface area (Å²) >= 11 is 0. The molecule has 3 atom stereocenters. The zero-order valence-corrected chi connectivity index (χ0v) is 16.5. The second-order valence-electron chi connectivity index (χ2n) is 7.75. The minimum Gasteiger partial charge on any atom is -0.478 e. The number of carboxylic acids is 1. The monoisotopic (exact) mass is 364 g/mol. The van der Waals surface area contributed by atoms with Gasteiger partial charge in [-0.1, -0.05) is 26.5 Å². The zero-order chi connectivity index (χ0) is 19.9. The van der Waals surface area contributed by atoms with E-state index in [1.165, 1.54) is 6.08 Å². The molecule has 6 heteroatoms. The number of nitrogens with zero attached hydrogens (tertiary/aromatic N) is 1. The molecule has 0 aromatic carbocycles. The van der Waals surface area contributed by atoms with E-state index in [2.05, 4.69) is 23.8 Å². The van der Waals surface area contributed by atoms with Crippen molar-refractivity contribution in [1.29, 1.82) is 0 Å². The quantitative estimate of drug-likeness (QED) is 0.678. The lowest BCUT2D eigenvalue weighted by molar-refractivity contribution is -0.132. The average molecular weight is 364 g/mol. The Morgan fingerprint density at radius 3 is 2.62 bits per heavy atom. The molecule has 0 radical (unpaired) electrons. The van der Waals surface area contributed by atoms with Gasteiger partial charge in [0.15, 0.2) is 0 Å². The maximum atomic E-state index is 11.9. The summed E-state index contributed by atoms with van der Waals surface area (Å²) in [4.78, 5) is 27.7. The van der Waals surface area contributed by atoms with E-state index in [0.29, 0.717) is 12.1 Å². The number of carbonyl (C=O) groups is 2. The highest BCUT2D eigenvalue weighted by atomic mass is 16.6. The highest BCUT2D eigenvalue weighted by Crippen LogP contribution is 2.24. The predicted octanol–water partition coefficient (Wildman–Crippen LogP) is 4.12. The van der Waals surface area contributed by atoms with Gasteiger partial charge < -0.3 is 15.2 Å². The van der Waals surface area contributed by atoms with Crippen molar-refractivity contribution in [2.45, 2.75) is 78.0 Å². The van der Waals surface area contributed by atoms with E-state index in [1.54, 1.807) is 6.08 Å². The number of alkyl carbamates (subject to hydrolysis) is 1. The van der Waals surface area contributed by atoms with E-state index < -0.39 is 17.7 Å². The molecular formula is C20H32N2O4. The van der Waals surface area contributed by atoms with Crippen LogP contribution in [0.15, 0.2) is 29.3 Å². The number of nitrogens with one attached hydrogen (secondary N) is 1. The van der Waals surface area contributed by atoms with Gasteiger partial charge in [0.2, 0.25) is 0 Å². The number of amides is 1. The first-order chi connectivity index (χ1) is 12.1. The van der Waals surface area contributed by atoms with Crippen LogP contribution in [0.2, 0.25) is 0 Å². The van der Waals surface area contributed by atoms with Gasteiger partial charge in [0.1, 0.15) is 5.60 Å². The van der Waals surface area contributed by atoms with Crippen LogP contribution in [0.1, 0.15) is 60.3 Å². The van der Waals surface area contributed by atoms with E-state index in [-0.39, 0.29) is 23.6 Å². The van der Waals surface area contributed by atoms with Crippen molar-refractivity contribution in [3.05, 3.63) is 24.3 Å². The van der Waals surface area contributed by atoms with Crippen molar-refractivity contribution in [2.75, 3.05) is 0 Å². The van der Waals surface area contributed by atoms with Crippen LogP contribution in [0.5, 0.6) is 0 Å². The summed E-state index contributed by atoms with van der Waals surface area (Å²) in [6, 6.07) is 0.0778. The SMILES string of the molecule is C=CC1=NC(C(C)CCC(CC)NC(=O)OC(C)(C)C)CC=C1C(=O)O. The number of hydrogen-bond donors (Lipinski definition) is 2. The fourth-order valence-corrected chi connectivity index (χ4v) is 2.87. The zero-order valence-electron chi connectivity index (χ0n) is 16.5. The van der Waals surface area contributed by atoms with Crippen LogP contribution in [-0.2, 0) is 9.53 Å². The number of aliphatic imine (C=N–C) groups is 1. The first-order valence-corrected chi connectivity index (χ1v) is 9.21. The molecule has 1 rings (SSSR count). The van der Waals surface area contributed by atoms with Crippen LogP contribution in [0, 0.1) is 5.92 Å². The number of aliphatic carboxylic acids is 1. The number of carboxylic acid groups (broad SMARTS) is 1. The molecule has 0 saturated carbocycles. The van der Waals surface area contributed by atoms with E-state index >= 15 is 0 Å². The summed E-state index contributed by atoms with van der Waals surface area (Å²) in [7, 11) is 0. The maximum absolute atomic E-state index is 11.9. The Morgan fingerprint density at radius 2 is 2.12 bits per heavy atom. The fraction of sp³-hybridized carbons (Fsp3) is 0.650. The molecule has 6 nitrogen and oxygen atoms in total. The van der Waals surface area contributed by atoms with Gasteiger partial charge in [0, 0.05) is 6.04 Å². The first-order valence-electron chi connectivity index (χ1n) is 9.21. The van der Waals surface area contributed by atoms with E-state index in [0.717, 1.165) is 19.3 Å². The molecule has 26 heavy (non-hydrogen) atoms. The molecule has 0 aromatic heterocycles. The normalized spacial score (nSPS) is 19.7. The van der Waals surface area contributed by atoms with Crippen LogP contribution in [0.4, 0.5) is 4.79 Å². The van der Waals surface area contributed by atoms with Crippen molar-refractivity contribution >= 4 is 17.8 Å². The largest absolute Gasteiger partial charge is 0.478 e. The standard InChI is InChI=1S/C20H32N2O4/c1-7-14(21-19(25)26-20(4,5)6)10-9-13(3)17-12-11-15(18(23)24)16(8-2)22-17/h8,11,13-14,17H,2,7,9-10,12H2,1,3-6H3,(H,21,25)(H,23,24). The van der Waals surface area contributed by atoms with Gasteiger partial charge in [-0.25, -0.2) is 9.59 Å². The van der Waals surface area contributed by atoms with E-state index in [1.807, 2.05) is 27.7 Å². The summed E-state index contributed by atoms with van der Waals surface area (Å²) < 4.78 is 5.31. The Labute approximate surface area is 156 Å². The highest BCUT2D eigenvalue weighted by molar-refractivity contribution is 6.24. The van der Waals surface area contributed by atoms with Crippen LogP contribution in [0.3, 0.4) is 0 Å². The molecule has 1 aliphatic heterocycles. The summed E-state index contributed by atoms with van der Waals surface area (Å²) in [6.07, 6.45) is 5.96. The third kappa shape index (κ3) is 7.02. The summed E-state index contributed by atoms with van der Waals surface area (Å²) in [5.74, 6) is -0.701. The number of ether oxygens (including phenoxy) is 1. The lowest BCUT2D eigenvalue weighted by atomic mass is 9.89. The van der Waals surface area contributed by atoms with Gasteiger partial charge in [-0.3, -0.25) is 4.99 Å². The van der Waals surface area contributed by atoms with E-state index in [4.69, 9.17) is 4.74 Å². The fourth-order valence-electron chi connectivity index (χ4n) is 2.87. The Kier molecular flexibility index (Phi) is 8.06. The number of dihydropyridines is 1. The Bertz CT molecular complexity index is 587. The Hall–Kier alpha value is -2.11. The maximum Gasteiger partial charge on any atom is 0.407 e. The summed E-state index contributed by atoms with van der Waals surface area (Å²) in [5, 5.41) is 12.1. The van der Waals surface area contributed by atoms with Crippen LogP contribution in [-0.4, -0.2) is 40.6 Å². The molecule has 0 fully saturated rings. The van der Waals surface area contributed by atoms with Crippen molar-refractivity contribution in [3.8, 4) is 0 Å². The molecule has 2 N–H and O–H groups in total. The van der Waals surface area contributed by atoms with Gasteiger partial charge in [-0.2, -0.15) is 0 Å². The smallest absolute Gasteiger partial charge is 0.407 e. The minimum absolute atomic E-state index is 0.0325. The molecule has 0 bridgehead atoms. The van der Waals surface area contributed by atoms with Crippen LogP contribution >= 0.6 is 0 Å². The molecule has 0 aromatic rings. The van der Waals surface area contributed by atoms with E-state index in [9.17, 15) is 14.7 Å². The molecule has 1 heterocycles. The van der Waals surface area contributed by atoms with Crippen molar-refractivity contribution in [2.24, 2.45) is 10.9 Å². The molecular weight excluding hydrogens is 332 g/mol. The van der Waals surface area contributed by atoms with Gasteiger partial charge >= 0.3 is 12.1 Å². The number of rotatable bonds is 8. The Morgan fingerprint density at radius 1 is 1.46 bits per heavy atom. The van der Waals surface area contributed by atoms with Crippen LogP contribution in [0.25, 0.3) is 0 Å². The summed E-state index contributed by atoms with van der Waals surface area (Å²) in [5.41, 5.74) is 0.155. The van der Waals surface area contributed by atoms with Crippen LogP contribution < -0.4 is 5.32 Å². The molecule has 0 aliphatic carbocycles. The lowest BCUT2D eigenvalue weighted by Crippen LogP contribution is -2.39. The van der Waals surface area contributed by atoms with Gasteiger partial charge in [-0.05, 0) is 58.4 Å². The molecule has 1 amide bonds. The molecule has 3 unspecified atom stereocenters. The molecule has 146 valence electrons. The van der Waals surface area contributed by atoms with Crippen molar-refractivity contribution in [1.82, 2.24) is 5.32 Å². The average Bonchev–Trinajstić information content (AvgIpc) is 2.55. The predicted molar refractivity (Wildman–Crippen MR) is 104 cm³/mol. The van der Waals surface area contributed by atoms with Gasteiger partial charge in [0.05, 0.1) is 17.3 Å². The topological polar surface area (TPSA) is 88.0 Å². The molecule has 0 saturated heterocycles. The third-order valence-electron chi connectivity index (χ3n) is 4.41. The molecule has 0 spiro atoms. The number of carbonyl (C=O) groups excluding carboxylic acids is 1.